The lowest BCUT2D eigenvalue weighted by molar-refractivity contribution is -0.142. The zero-order valence-electron chi connectivity index (χ0n) is 14.6. The van der Waals surface area contributed by atoms with Crippen LogP contribution in [0.1, 0.15) is 53.4 Å². The molecule has 0 aliphatic rings. The van der Waals surface area contributed by atoms with Crippen LogP contribution in [-0.4, -0.2) is 42.4 Å². The molecule has 0 radical (unpaired) electrons. The van der Waals surface area contributed by atoms with Crippen molar-refractivity contribution in [3.63, 3.8) is 0 Å². The van der Waals surface area contributed by atoms with E-state index in [0.29, 0.717) is 0 Å². The third-order valence-corrected chi connectivity index (χ3v) is 8.60. The maximum absolute atomic E-state index is 11.7. The van der Waals surface area contributed by atoms with Gasteiger partial charge in [-0.3, -0.25) is 0 Å². The van der Waals surface area contributed by atoms with Gasteiger partial charge in [-0.1, -0.05) is 52.6 Å². The molecule has 128 valence electrons. The molecule has 0 aromatic heterocycles. The predicted molar refractivity (Wildman–Crippen MR) is 96.8 cm³/mol. The van der Waals surface area contributed by atoms with Crippen LogP contribution in [0.3, 0.4) is 0 Å². The standard InChI is InChI=1S/C16H32O4Si2/c1-5-11-21-15(7-3)19-13(17)9-10-14(18)20-16(8-4)22-12-6-2/h9-10,15-16H,5-8,11-12,21-22H2,1-4H3/b10-9+. The van der Waals surface area contributed by atoms with Gasteiger partial charge in [0, 0.05) is 12.2 Å². The average Bonchev–Trinajstić information content (AvgIpc) is 2.53. The highest BCUT2D eigenvalue weighted by molar-refractivity contribution is 6.37. The molecule has 0 aliphatic carbocycles. The lowest BCUT2D eigenvalue weighted by atomic mass is 10.4. The van der Waals surface area contributed by atoms with E-state index >= 15 is 0 Å². The predicted octanol–water partition coefficient (Wildman–Crippen LogP) is 2.10. The molecule has 0 heterocycles. The van der Waals surface area contributed by atoms with Crippen molar-refractivity contribution in [3.05, 3.63) is 12.2 Å². The Balaban J connectivity index is 4.20. The van der Waals surface area contributed by atoms with Crippen LogP contribution in [0, 0.1) is 0 Å². The topological polar surface area (TPSA) is 52.6 Å². The quantitative estimate of drug-likeness (QED) is 0.309. The fourth-order valence-electron chi connectivity index (χ4n) is 2.10. The average molecular weight is 345 g/mol. The van der Waals surface area contributed by atoms with Gasteiger partial charge >= 0.3 is 11.9 Å². The second-order valence-corrected chi connectivity index (χ2v) is 9.94. The largest absolute Gasteiger partial charge is 0.464 e. The van der Waals surface area contributed by atoms with Crippen molar-refractivity contribution < 1.29 is 19.1 Å². The Kier molecular flexibility index (Phi) is 13.2. The van der Waals surface area contributed by atoms with Crippen molar-refractivity contribution in [2.24, 2.45) is 0 Å². The van der Waals surface area contributed by atoms with Gasteiger partial charge in [-0.25, -0.2) is 9.59 Å². The first-order chi connectivity index (χ1) is 10.6. The monoisotopic (exact) mass is 344 g/mol. The molecule has 0 saturated carbocycles. The summed E-state index contributed by atoms with van der Waals surface area (Å²) in [6.45, 7) is 8.35. The molecule has 4 nitrogen and oxygen atoms in total. The van der Waals surface area contributed by atoms with Crippen LogP contribution >= 0.6 is 0 Å². The van der Waals surface area contributed by atoms with E-state index < -0.39 is 11.9 Å². The molecule has 0 bridgehead atoms. The van der Waals surface area contributed by atoms with Crippen molar-refractivity contribution in [3.8, 4) is 0 Å². The summed E-state index contributed by atoms with van der Waals surface area (Å²) in [6, 6.07) is 2.36. The molecule has 0 rings (SSSR count). The number of esters is 2. The number of hydrogen-bond donors (Lipinski definition) is 0. The molecule has 22 heavy (non-hydrogen) atoms. The Morgan fingerprint density at radius 2 is 1.18 bits per heavy atom. The molecule has 0 aromatic rings. The van der Waals surface area contributed by atoms with E-state index in [9.17, 15) is 9.59 Å². The highest BCUT2D eigenvalue weighted by Gasteiger charge is 2.13. The van der Waals surface area contributed by atoms with Gasteiger partial charge in [0.25, 0.3) is 0 Å². The van der Waals surface area contributed by atoms with Gasteiger partial charge in [0.05, 0.1) is 30.5 Å². The third-order valence-electron chi connectivity index (χ3n) is 3.59. The molecule has 2 atom stereocenters. The number of carbonyl (C=O) groups excluding carboxylic acids is 2. The van der Waals surface area contributed by atoms with Gasteiger partial charge in [-0.2, -0.15) is 0 Å². The van der Waals surface area contributed by atoms with Gasteiger partial charge in [0.1, 0.15) is 0 Å². The Morgan fingerprint density at radius 3 is 1.45 bits per heavy atom. The van der Waals surface area contributed by atoms with E-state index in [-0.39, 0.29) is 30.5 Å². The molecule has 0 fully saturated rings. The summed E-state index contributed by atoms with van der Waals surface area (Å²) >= 11 is 0. The van der Waals surface area contributed by atoms with Gasteiger partial charge in [-0.15, -0.1) is 0 Å². The van der Waals surface area contributed by atoms with Crippen LogP contribution in [0.5, 0.6) is 0 Å². The smallest absolute Gasteiger partial charge is 0.330 e. The number of rotatable bonds is 12. The van der Waals surface area contributed by atoms with Crippen molar-refractivity contribution in [2.75, 3.05) is 0 Å². The van der Waals surface area contributed by atoms with Crippen LogP contribution in [0.4, 0.5) is 0 Å². The summed E-state index contributed by atoms with van der Waals surface area (Å²) in [5.74, 6) is -0.850. The van der Waals surface area contributed by atoms with Gasteiger partial charge in [0.2, 0.25) is 0 Å². The van der Waals surface area contributed by atoms with Gasteiger partial charge in [-0.05, 0) is 12.8 Å². The van der Waals surface area contributed by atoms with E-state index in [2.05, 4.69) is 13.8 Å². The Labute approximate surface area is 139 Å². The van der Waals surface area contributed by atoms with Gasteiger partial charge in [0.15, 0.2) is 0 Å². The second kappa shape index (κ2) is 13.8. The van der Waals surface area contributed by atoms with Crippen molar-refractivity contribution in [1.29, 1.82) is 0 Å². The minimum atomic E-state index is -0.425. The first-order valence-electron chi connectivity index (χ1n) is 8.66. The fourth-order valence-corrected chi connectivity index (χ4v) is 5.21. The summed E-state index contributed by atoms with van der Waals surface area (Å²) in [4.78, 5) is 23.4. The minimum absolute atomic E-state index is 0.0773. The van der Waals surface area contributed by atoms with Gasteiger partial charge < -0.3 is 9.47 Å². The molecular formula is C16H32O4Si2. The number of hydrogen-bond acceptors (Lipinski definition) is 4. The fraction of sp³-hybridized carbons (Fsp3) is 0.750. The second-order valence-electron chi connectivity index (χ2n) is 5.55. The summed E-state index contributed by atoms with van der Waals surface area (Å²) in [6.07, 6.45) is 6.41. The molecule has 0 N–H and O–H groups in total. The Hall–Kier alpha value is -0.886. The van der Waals surface area contributed by atoms with E-state index in [1.165, 1.54) is 24.2 Å². The van der Waals surface area contributed by atoms with Crippen molar-refractivity contribution in [1.82, 2.24) is 0 Å². The molecule has 0 spiro atoms. The van der Waals surface area contributed by atoms with Crippen LogP contribution in [0.2, 0.25) is 12.1 Å². The van der Waals surface area contributed by atoms with Crippen LogP contribution in [-0.2, 0) is 19.1 Å². The first kappa shape index (κ1) is 21.1. The lowest BCUT2D eigenvalue weighted by Crippen LogP contribution is -2.24. The van der Waals surface area contributed by atoms with Crippen molar-refractivity contribution in [2.45, 2.75) is 76.9 Å². The van der Waals surface area contributed by atoms with E-state index in [1.807, 2.05) is 13.8 Å². The van der Waals surface area contributed by atoms with Crippen molar-refractivity contribution >= 4 is 31.0 Å². The summed E-state index contributed by atoms with van der Waals surface area (Å²) < 4.78 is 10.8. The minimum Gasteiger partial charge on any atom is -0.464 e. The maximum Gasteiger partial charge on any atom is 0.330 e. The Morgan fingerprint density at radius 1 is 0.818 bits per heavy atom. The van der Waals surface area contributed by atoms with Crippen LogP contribution < -0.4 is 0 Å². The molecule has 0 amide bonds. The number of ether oxygens (including phenoxy) is 2. The van der Waals surface area contributed by atoms with E-state index in [4.69, 9.17) is 9.47 Å². The molecule has 0 aromatic carbocycles. The lowest BCUT2D eigenvalue weighted by Gasteiger charge is -2.15. The maximum atomic E-state index is 11.7. The summed E-state index contributed by atoms with van der Waals surface area (Å²) in [7, 11) is -0.746. The summed E-state index contributed by atoms with van der Waals surface area (Å²) in [5, 5.41) is 0. The van der Waals surface area contributed by atoms with Crippen LogP contribution in [0.25, 0.3) is 0 Å². The highest BCUT2D eigenvalue weighted by atomic mass is 28.2. The third kappa shape index (κ3) is 10.8. The molecule has 6 heteroatoms. The molecular weight excluding hydrogens is 312 g/mol. The molecule has 0 aliphatic heterocycles. The SMILES string of the molecule is CCC[SiH2]C(CC)OC(=O)/C=C/C(=O)OC(CC)[SiH2]CCC. The van der Waals surface area contributed by atoms with Crippen LogP contribution in [0.15, 0.2) is 12.2 Å². The highest BCUT2D eigenvalue weighted by Crippen LogP contribution is 2.04. The normalized spacial score (nSPS) is 14.9. The summed E-state index contributed by atoms with van der Waals surface area (Å²) in [5.41, 5.74) is 0.155. The first-order valence-corrected chi connectivity index (χ1v) is 12.3. The number of carbonyl (C=O) groups is 2. The zero-order valence-corrected chi connectivity index (χ0v) is 17.4. The molecule has 2 unspecified atom stereocenters. The van der Waals surface area contributed by atoms with E-state index in [1.54, 1.807) is 0 Å². The van der Waals surface area contributed by atoms with E-state index in [0.717, 1.165) is 25.7 Å². The Bertz CT molecular complexity index is 313. The zero-order chi connectivity index (χ0) is 16.8. The molecule has 0 saturated heterocycles.